The van der Waals surface area contributed by atoms with Gasteiger partial charge in [0.15, 0.2) is 11.5 Å². The van der Waals surface area contributed by atoms with Gasteiger partial charge in [0.2, 0.25) is 0 Å². The molecule has 0 amide bonds. The molecule has 32 heavy (non-hydrogen) atoms. The van der Waals surface area contributed by atoms with Gasteiger partial charge in [-0.25, -0.2) is 0 Å². The van der Waals surface area contributed by atoms with E-state index in [0.717, 1.165) is 37.3 Å². The maximum absolute atomic E-state index is 6.97. The van der Waals surface area contributed by atoms with E-state index in [9.17, 15) is 0 Å². The number of likely N-dealkylation sites (N-methyl/N-ethyl adjacent to an activating group) is 1. The van der Waals surface area contributed by atoms with E-state index in [4.69, 9.17) is 9.47 Å². The number of hydrogen-bond donors (Lipinski definition) is 1. The predicted octanol–water partition coefficient (Wildman–Crippen LogP) is 3.96. The van der Waals surface area contributed by atoms with Crippen LogP contribution in [0.3, 0.4) is 0 Å². The molecular formula is C27H33N3O2. The van der Waals surface area contributed by atoms with Crippen molar-refractivity contribution in [2.45, 2.75) is 43.7 Å². The van der Waals surface area contributed by atoms with Crippen molar-refractivity contribution < 1.29 is 9.47 Å². The van der Waals surface area contributed by atoms with E-state index < -0.39 is 0 Å². The summed E-state index contributed by atoms with van der Waals surface area (Å²) in [6.07, 6.45) is 3.38. The van der Waals surface area contributed by atoms with Crippen molar-refractivity contribution >= 4 is 10.9 Å². The van der Waals surface area contributed by atoms with E-state index >= 15 is 0 Å². The molecule has 3 aromatic rings. The minimum atomic E-state index is 0.0107. The summed E-state index contributed by atoms with van der Waals surface area (Å²) in [7, 11) is 7.81. The van der Waals surface area contributed by atoms with Crippen molar-refractivity contribution in [1.82, 2.24) is 9.47 Å². The first-order valence-corrected chi connectivity index (χ1v) is 11.7. The Labute approximate surface area is 190 Å². The van der Waals surface area contributed by atoms with E-state index in [-0.39, 0.29) is 16.9 Å². The molecule has 7 rings (SSSR count). The zero-order valence-electron chi connectivity index (χ0n) is 19.7. The van der Waals surface area contributed by atoms with Gasteiger partial charge in [-0.15, -0.1) is 0 Å². The highest BCUT2D eigenvalue weighted by Gasteiger charge is 2.70. The fourth-order valence-corrected chi connectivity index (χ4v) is 7.84. The SMILES string of the molecule is CN.COc1ccc2c3c1OC1c4c(c5ccccc5n4C)CC4(C)C(C2)N(C)CCC314. The minimum absolute atomic E-state index is 0.0107. The number of para-hydroxylation sites is 1. The minimum Gasteiger partial charge on any atom is -0.493 e. The number of aromatic nitrogens is 1. The maximum Gasteiger partial charge on any atom is 0.166 e. The summed E-state index contributed by atoms with van der Waals surface area (Å²) in [6.45, 7) is 3.67. The number of nitrogens with zero attached hydrogens (tertiary/aromatic N) is 2. The van der Waals surface area contributed by atoms with E-state index in [2.05, 4.69) is 72.6 Å². The molecule has 0 saturated carbocycles. The fourth-order valence-electron chi connectivity index (χ4n) is 7.84. The van der Waals surface area contributed by atoms with Crippen LogP contribution in [0.5, 0.6) is 11.5 Å². The lowest BCUT2D eigenvalue weighted by molar-refractivity contribution is -0.0912. The van der Waals surface area contributed by atoms with Crippen LogP contribution in [0.1, 0.15) is 41.8 Å². The Bertz CT molecular complexity index is 1250. The lowest BCUT2D eigenvalue weighted by Gasteiger charge is -2.64. The van der Waals surface area contributed by atoms with Crippen molar-refractivity contribution in [3.05, 3.63) is 58.8 Å². The molecule has 2 bridgehead atoms. The molecule has 5 heteroatoms. The van der Waals surface area contributed by atoms with Crippen LogP contribution in [-0.2, 0) is 25.3 Å². The van der Waals surface area contributed by atoms with Crippen LogP contribution >= 0.6 is 0 Å². The summed E-state index contributed by atoms with van der Waals surface area (Å²) >= 11 is 0. The molecule has 2 aliphatic heterocycles. The van der Waals surface area contributed by atoms with Crippen LogP contribution in [0.25, 0.3) is 10.9 Å². The van der Waals surface area contributed by atoms with Crippen LogP contribution in [0.15, 0.2) is 36.4 Å². The molecule has 1 spiro atoms. The van der Waals surface area contributed by atoms with Crippen molar-refractivity contribution in [2.24, 2.45) is 18.2 Å². The van der Waals surface area contributed by atoms with Crippen LogP contribution in [0.2, 0.25) is 0 Å². The van der Waals surface area contributed by atoms with E-state index in [1.807, 2.05) is 0 Å². The topological polar surface area (TPSA) is 52.7 Å². The summed E-state index contributed by atoms with van der Waals surface area (Å²) in [5, 5.41) is 1.39. The van der Waals surface area contributed by atoms with Gasteiger partial charge in [0.25, 0.3) is 0 Å². The molecule has 4 atom stereocenters. The number of aryl methyl sites for hydroxylation is 1. The average Bonchev–Trinajstić information content (AvgIpc) is 3.30. The van der Waals surface area contributed by atoms with Gasteiger partial charge >= 0.3 is 0 Å². The number of benzene rings is 2. The fraction of sp³-hybridized carbons (Fsp3) is 0.481. The molecule has 1 aromatic heterocycles. The van der Waals surface area contributed by atoms with E-state index in [1.165, 1.54) is 40.3 Å². The average molecular weight is 432 g/mol. The normalized spacial score (nSPS) is 31.3. The Morgan fingerprint density at radius 1 is 1.12 bits per heavy atom. The third kappa shape index (κ3) is 2.03. The number of fused-ring (bicyclic) bond motifs is 4. The molecule has 0 radical (unpaired) electrons. The van der Waals surface area contributed by atoms with Gasteiger partial charge in [0.1, 0.15) is 6.10 Å². The first-order valence-electron chi connectivity index (χ1n) is 11.7. The smallest absolute Gasteiger partial charge is 0.166 e. The number of methoxy groups -OCH3 is 1. The van der Waals surface area contributed by atoms with E-state index in [0.29, 0.717) is 6.04 Å². The summed E-state index contributed by atoms with van der Waals surface area (Å²) in [5.41, 5.74) is 11.7. The molecule has 2 N–H and O–H groups in total. The van der Waals surface area contributed by atoms with Gasteiger partial charge in [-0.3, -0.25) is 0 Å². The highest BCUT2D eigenvalue weighted by atomic mass is 16.5. The summed E-state index contributed by atoms with van der Waals surface area (Å²) < 4.78 is 15.2. The summed E-state index contributed by atoms with van der Waals surface area (Å²) in [5.74, 6) is 1.89. The Kier molecular flexibility index (Phi) is 4.10. The lowest BCUT2D eigenvalue weighted by atomic mass is 9.44. The molecule has 4 unspecified atom stereocenters. The highest BCUT2D eigenvalue weighted by Crippen LogP contribution is 2.72. The number of nitrogens with two attached hydrogens (primary N) is 1. The highest BCUT2D eigenvalue weighted by molar-refractivity contribution is 5.87. The van der Waals surface area contributed by atoms with Gasteiger partial charge < -0.3 is 24.7 Å². The Hall–Kier alpha value is -2.50. The molecule has 1 saturated heterocycles. The van der Waals surface area contributed by atoms with Gasteiger partial charge in [0.05, 0.1) is 18.2 Å². The van der Waals surface area contributed by atoms with Crippen LogP contribution in [0, 0.1) is 5.41 Å². The van der Waals surface area contributed by atoms with Crippen LogP contribution in [-0.4, -0.2) is 43.3 Å². The number of ether oxygens (including phenoxy) is 2. The predicted molar refractivity (Wildman–Crippen MR) is 128 cm³/mol. The van der Waals surface area contributed by atoms with Gasteiger partial charge in [0, 0.05) is 35.0 Å². The molecule has 2 aliphatic carbocycles. The maximum atomic E-state index is 6.97. The largest absolute Gasteiger partial charge is 0.493 e. The molecule has 5 nitrogen and oxygen atoms in total. The second kappa shape index (κ2) is 6.52. The Balaban J connectivity index is 0.000000953. The molecule has 2 aromatic carbocycles. The number of rotatable bonds is 1. The summed E-state index contributed by atoms with van der Waals surface area (Å²) in [4.78, 5) is 2.61. The van der Waals surface area contributed by atoms with E-state index in [1.54, 1.807) is 7.11 Å². The third-order valence-corrected chi connectivity index (χ3v) is 9.17. The van der Waals surface area contributed by atoms with Crippen molar-refractivity contribution in [1.29, 1.82) is 0 Å². The third-order valence-electron chi connectivity index (χ3n) is 9.17. The first kappa shape index (κ1) is 20.1. The Morgan fingerprint density at radius 2 is 1.91 bits per heavy atom. The summed E-state index contributed by atoms with van der Waals surface area (Å²) in [6, 6.07) is 13.8. The lowest BCUT2D eigenvalue weighted by Crippen LogP contribution is -2.68. The van der Waals surface area contributed by atoms with Crippen molar-refractivity contribution in [3.8, 4) is 11.5 Å². The Morgan fingerprint density at radius 3 is 2.69 bits per heavy atom. The van der Waals surface area contributed by atoms with Gasteiger partial charge in [-0.2, -0.15) is 0 Å². The molecule has 1 fully saturated rings. The second-order valence-electron chi connectivity index (χ2n) is 10.1. The zero-order chi connectivity index (χ0) is 22.4. The zero-order valence-corrected chi connectivity index (χ0v) is 19.7. The monoisotopic (exact) mass is 431 g/mol. The van der Waals surface area contributed by atoms with Gasteiger partial charge in [-0.1, -0.05) is 31.2 Å². The molecule has 168 valence electrons. The molecule has 4 aliphatic rings. The van der Waals surface area contributed by atoms with Crippen LogP contribution < -0.4 is 15.2 Å². The standard InChI is InChI=1S/C26H28N2O2.CH5N/c1-25-14-17-16-7-5-6-8-18(16)28(3)22(17)24-26(25)11-12-27(2)20(25)13-15-9-10-19(29-4)23(30-24)21(15)26;1-2/h5-10,20,24H,11-14H2,1-4H3;2H2,1H3. The molecular weight excluding hydrogens is 398 g/mol. The number of piperidine rings is 1. The van der Waals surface area contributed by atoms with Crippen LogP contribution in [0.4, 0.5) is 0 Å². The number of likely N-dealkylation sites (tertiary alicyclic amines) is 1. The van der Waals surface area contributed by atoms with Crippen molar-refractivity contribution in [2.75, 3.05) is 27.7 Å². The van der Waals surface area contributed by atoms with Crippen molar-refractivity contribution in [3.63, 3.8) is 0 Å². The number of hydrogen-bond acceptors (Lipinski definition) is 4. The quantitative estimate of drug-likeness (QED) is 0.634. The first-order chi connectivity index (χ1) is 15.5. The van der Waals surface area contributed by atoms with Gasteiger partial charge in [-0.05, 0) is 63.2 Å². The second-order valence-corrected chi connectivity index (χ2v) is 10.1. The molecule has 3 heterocycles.